The number of piperidine rings is 1. The Hall–Kier alpha value is 0.130. The summed E-state index contributed by atoms with van der Waals surface area (Å²) < 4.78 is 0. The van der Waals surface area contributed by atoms with Crippen LogP contribution in [0.1, 0.15) is 26.7 Å². The van der Waals surface area contributed by atoms with Crippen LogP contribution in [0.25, 0.3) is 0 Å². The van der Waals surface area contributed by atoms with E-state index in [0.717, 1.165) is 19.5 Å². The Balaban J connectivity index is 1.81. The molecule has 5 heteroatoms. The lowest BCUT2D eigenvalue weighted by molar-refractivity contribution is -0.135. The van der Waals surface area contributed by atoms with Gasteiger partial charge >= 0.3 is 0 Å². The number of hydrogen-bond donors (Lipinski definition) is 1. The standard InChI is InChI=1S/C14H26N2OS2/c1-11(2)14(17)16-5-3-4-12(8-16)15-13-9-18-6-7-19-10-13/h11-13,15H,3-10H2,1-2H3/t12-/m1/s1. The number of hydrogen-bond acceptors (Lipinski definition) is 4. The van der Waals surface area contributed by atoms with Crippen molar-refractivity contribution in [1.29, 1.82) is 0 Å². The van der Waals surface area contributed by atoms with Gasteiger partial charge in [-0.15, -0.1) is 0 Å². The quantitative estimate of drug-likeness (QED) is 0.865. The van der Waals surface area contributed by atoms with Crippen LogP contribution in [0, 0.1) is 5.92 Å². The van der Waals surface area contributed by atoms with Crippen molar-refractivity contribution < 1.29 is 4.79 Å². The summed E-state index contributed by atoms with van der Waals surface area (Å²) in [6.45, 7) is 5.85. The van der Waals surface area contributed by atoms with Crippen molar-refractivity contribution >= 4 is 29.4 Å². The number of amides is 1. The summed E-state index contributed by atoms with van der Waals surface area (Å²) in [5.41, 5.74) is 0. The van der Waals surface area contributed by atoms with Crippen LogP contribution in [-0.4, -0.2) is 59.0 Å². The molecule has 1 atom stereocenters. The minimum absolute atomic E-state index is 0.128. The summed E-state index contributed by atoms with van der Waals surface area (Å²) in [4.78, 5) is 14.1. The molecule has 2 aliphatic heterocycles. The molecule has 2 fully saturated rings. The third kappa shape index (κ3) is 4.87. The van der Waals surface area contributed by atoms with E-state index in [9.17, 15) is 4.79 Å². The molecule has 0 aromatic heterocycles. The molecule has 2 heterocycles. The van der Waals surface area contributed by atoms with Gasteiger partial charge in [-0.25, -0.2) is 0 Å². The van der Waals surface area contributed by atoms with Crippen LogP contribution < -0.4 is 5.32 Å². The molecule has 0 aliphatic carbocycles. The molecule has 0 spiro atoms. The first kappa shape index (κ1) is 15.5. The van der Waals surface area contributed by atoms with Crippen LogP contribution in [0.5, 0.6) is 0 Å². The molecular formula is C14H26N2OS2. The molecule has 0 aromatic rings. The van der Waals surface area contributed by atoms with Crippen molar-refractivity contribution in [3.63, 3.8) is 0 Å². The number of thioether (sulfide) groups is 2. The molecular weight excluding hydrogens is 276 g/mol. The third-order valence-corrected chi connectivity index (χ3v) is 6.23. The number of likely N-dealkylation sites (tertiary alicyclic amines) is 1. The van der Waals surface area contributed by atoms with Gasteiger partial charge in [0.2, 0.25) is 5.91 Å². The van der Waals surface area contributed by atoms with Crippen molar-refractivity contribution in [3.8, 4) is 0 Å². The fourth-order valence-electron chi connectivity index (χ4n) is 2.73. The molecule has 0 unspecified atom stereocenters. The second kappa shape index (κ2) is 7.79. The first-order chi connectivity index (χ1) is 9.16. The minimum atomic E-state index is 0.128. The Bertz CT molecular complexity index is 291. The smallest absolute Gasteiger partial charge is 0.225 e. The maximum Gasteiger partial charge on any atom is 0.225 e. The lowest BCUT2D eigenvalue weighted by atomic mass is 10.0. The molecule has 0 radical (unpaired) electrons. The SMILES string of the molecule is CC(C)C(=O)N1CCC[C@@H](NC2CSCCSC2)C1. The van der Waals surface area contributed by atoms with Crippen LogP contribution >= 0.6 is 23.5 Å². The first-order valence-electron chi connectivity index (χ1n) is 7.37. The van der Waals surface area contributed by atoms with E-state index in [1.807, 2.05) is 13.8 Å². The van der Waals surface area contributed by atoms with Crippen LogP contribution in [0.3, 0.4) is 0 Å². The van der Waals surface area contributed by atoms with Gasteiger partial charge in [0.05, 0.1) is 0 Å². The number of nitrogens with one attached hydrogen (secondary N) is 1. The van der Waals surface area contributed by atoms with Gasteiger partial charge in [-0.05, 0) is 12.8 Å². The molecule has 0 aromatic carbocycles. The average Bonchev–Trinajstić information content (AvgIpc) is 2.66. The Morgan fingerprint density at radius 2 is 1.89 bits per heavy atom. The summed E-state index contributed by atoms with van der Waals surface area (Å²) in [5, 5.41) is 3.79. The summed E-state index contributed by atoms with van der Waals surface area (Å²) in [6.07, 6.45) is 2.36. The predicted octanol–water partition coefficient (Wildman–Crippen LogP) is 2.07. The second-order valence-electron chi connectivity index (χ2n) is 5.79. The van der Waals surface area contributed by atoms with Crippen LogP contribution in [0.15, 0.2) is 0 Å². The Labute approximate surface area is 125 Å². The molecule has 2 rings (SSSR count). The third-order valence-electron chi connectivity index (χ3n) is 3.71. The molecule has 19 heavy (non-hydrogen) atoms. The number of rotatable bonds is 3. The van der Waals surface area contributed by atoms with E-state index in [2.05, 4.69) is 33.7 Å². The highest BCUT2D eigenvalue weighted by atomic mass is 32.2. The van der Waals surface area contributed by atoms with Gasteiger partial charge in [-0.1, -0.05) is 13.8 Å². The minimum Gasteiger partial charge on any atom is -0.341 e. The maximum absolute atomic E-state index is 12.1. The summed E-state index contributed by atoms with van der Waals surface area (Å²) in [7, 11) is 0. The highest BCUT2D eigenvalue weighted by Gasteiger charge is 2.26. The van der Waals surface area contributed by atoms with Crippen molar-refractivity contribution in [2.75, 3.05) is 36.1 Å². The summed E-state index contributed by atoms with van der Waals surface area (Å²) in [6, 6.07) is 1.12. The average molecular weight is 303 g/mol. The van der Waals surface area contributed by atoms with Gasteiger partial charge in [-0.2, -0.15) is 23.5 Å². The van der Waals surface area contributed by atoms with Crippen molar-refractivity contribution in [2.24, 2.45) is 5.92 Å². The molecule has 2 saturated heterocycles. The van der Waals surface area contributed by atoms with E-state index < -0.39 is 0 Å². The van der Waals surface area contributed by atoms with Gasteiger partial charge < -0.3 is 10.2 Å². The normalized spacial score (nSPS) is 26.5. The summed E-state index contributed by atoms with van der Waals surface area (Å²) >= 11 is 4.12. The van der Waals surface area contributed by atoms with Crippen molar-refractivity contribution in [2.45, 2.75) is 38.8 Å². The largest absolute Gasteiger partial charge is 0.341 e. The zero-order valence-corrected chi connectivity index (χ0v) is 13.7. The topological polar surface area (TPSA) is 32.3 Å². The number of carbonyl (C=O) groups excluding carboxylic acids is 1. The van der Waals surface area contributed by atoms with Gasteiger partial charge in [0.25, 0.3) is 0 Å². The van der Waals surface area contributed by atoms with E-state index in [0.29, 0.717) is 18.0 Å². The lowest BCUT2D eigenvalue weighted by Crippen LogP contribution is -2.52. The zero-order chi connectivity index (χ0) is 13.7. The highest BCUT2D eigenvalue weighted by Crippen LogP contribution is 2.19. The van der Waals surface area contributed by atoms with E-state index in [4.69, 9.17) is 0 Å². The highest BCUT2D eigenvalue weighted by molar-refractivity contribution is 8.03. The van der Waals surface area contributed by atoms with E-state index in [1.54, 1.807) is 0 Å². The Kier molecular flexibility index (Phi) is 6.36. The monoisotopic (exact) mass is 302 g/mol. The molecule has 3 nitrogen and oxygen atoms in total. The number of nitrogens with zero attached hydrogens (tertiary/aromatic N) is 1. The van der Waals surface area contributed by atoms with Gasteiger partial charge in [0.1, 0.15) is 0 Å². The molecule has 2 aliphatic rings. The fourth-order valence-corrected chi connectivity index (χ4v) is 5.15. The predicted molar refractivity (Wildman–Crippen MR) is 86.0 cm³/mol. The molecule has 0 saturated carbocycles. The van der Waals surface area contributed by atoms with E-state index >= 15 is 0 Å². The van der Waals surface area contributed by atoms with Gasteiger partial charge in [0, 0.05) is 54.1 Å². The molecule has 110 valence electrons. The second-order valence-corrected chi connectivity index (χ2v) is 8.09. The zero-order valence-electron chi connectivity index (χ0n) is 12.1. The van der Waals surface area contributed by atoms with Gasteiger partial charge in [0.15, 0.2) is 0 Å². The van der Waals surface area contributed by atoms with Crippen LogP contribution in [-0.2, 0) is 4.79 Å². The van der Waals surface area contributed by atoms with Gasteiger partial charge in [-0.3, -0.25) is 4.79 Å². The fraction of sp³-hybridized carbons (Fsp3) is 0.929. The Morgan fingerprint density at radius 3 is 2.53 bits per heavy atom. The van der Waals surface area contributed by atoms with E-state index in [-0.39, 0.29) is 5.92 Å². The first-order valence-corrected chi connectivity index (χ1v) is 9.68. The lowest BCUT2D eigenvalue weighted by Gasteiger charge is -2.36. The molecule has 0 bridgehead atoms. The van der Waals surface area contributed by atoms with Crippen molar-refractivity contribution in [1.82, 2.24) is 10.2 Å². The summed E-state index contributed by atoms with van der Waals surface area (Å²) in [5.74, 6) is 5.46. The number of carbonyl (C=O) groups is 1. The maximum atomic E-state index is 12.1. The Morgan fingerprint density at radius 1 is 1.21 bits per heavy atom. The van der Waals surface area contributed by atoms with Crippen LogP contribution in [0.4, 0.5) is 0 Å². The van der Waals surface area contributed by atoms with Crippen LogP contribution in [0.2, 0.25) is 0 Å². The molecule has 1 amide bonds. The molecule has 1 N–H and O–H groups in total. The van der Waals surface area contributed by atoms with Crippen molar-refractivity contribution in [3.05, 3.63) is 0 Å². The van der Waals surface area contributed by atoms with E-state index in [1.165, 1.54) is 29.4 Å².